The minimum atomic E-state index is 0.00974. The van der Waals surface area contributed by atoms with Gasteiger partial charge in [0.25, 0.3) is 5.56 Å². The van der Waals surface area contributed by atoms with E-state index in [2.05, 4.69) is 27.8 Å². The first-order valence-corrected chi connectivity index (χ1v) is 8.74. The standard InChI is InChI=1S/C16H23BrN2O/c1-10-6-8-12(9-7-10)15-18-14(11-4-2-3-5-11)13(17)16(20)19-15/h10-12H,2-9H2,1H3,(H,18,19,20). The third-order valence-electron chi connectivity index (χ3n) is 5.05. The lowest BCUT2D eigenvalue weighted by atomic mass is 9.82. The van der Waals surface area contributed by atoms with E-state index >= 15 is 0 Å². The molecule has 3 nitrogen and oxygen atoms in total. The van der Waals surface area contributed by atoms with Gasteiger partial charge >= 0.3 is 0 Å². The second kappa shape index (κ2) is 6.00. The van der Waals surface area contributed by atoms with Gasteiger partial charge in [0.1, 0.15) is 10.3 Å². The maximum absolute atomic E-state index is 12.2. The molecule has 1 aromatic heterocycles. The van der Waals surface area contributed by atoms with Crippen LogP contribution in [0, 0.1) is 5.92 Å². The molecular weight excluding hydrogens is 316 g/mol. The summed E-state index contributed by atoms with van der Waals surface area (Å²) in [5, 5.41) is 0. The molecule has 0 unspecified atom stereocenters. The molecule has 2 aliphatic carbocycles. The van der Waals surface area contributed by atoms with Crippen LogP contribution >= 0.6 is 15.9 Å². The molecule has 1 heterocycles. The summed E-state index contributed by atoms with van der Waals surface area (Å²) in [6.07, 6.45) is 9.72. The van der Waals surface area contributed by atoms with Gasteiger partial charge < -0.3 is 4.98 Å². The SMILES string of the molecule is CC1CCC(c2nc(C3CCCC3)c(Br)c(=O)[nH]2)CC1. The van der Waals surface area contributed by atoms with Crippen molar-refractivity contribution < 1.29 is 0 Å². The van der Waals surface area contributed by atoms with Crippen LogP contribution in [-0.4, -0.2) is 9.97 Å². The van der Waals surface area contributed by atoms with Gasteiger partial charge in [-0.2, -0.15) is 0 Å². The van der Waals surface area contributed by atoms with Crippen molar-refractivity contribution in [3.05, 3.63) is 26.3 Å². The molecule has 4 heteroatoms. The summed E-state index contributed by atoms with van der Waals surface area (Å²) in [5.74, 6) is 2.69. The smallest absolute Gasteiger partial charge is 0.265 e. The molecule has 3 rings (SSSR count). The highest BCUT2D eigenvalue weighted by Gasteiger charge is 2.26. The van der Waals surface area contributed by atoms with Gasteiger partial charge in [-0.1, -0.05) is 32.6 Å². The molecule has 0 aromatic carbocycles. The third-order valence-corrected chi connectivity index (χ3v) is 5.82. The van der Waals surface area contributed by atoms with Gasteiger partial charge in [0.05, 0.1) is 5.69 Å². The monoisotopic (exact) mass is 338 g/mol. The van der Waals surface area contributed by atoms with Crippen molar-refractivity contribution in [2.45, 2.75) is 70.1 Å². The van der Waals surface area contributed by atoms with E-state index in [9.17, 15) is 4.79 Å². The molecule has 110 valence electrons. The lowest BCUT2D eigenvalue weighted by molar-refractivity contribution is 0.338. The number of aromatic nitrogens is 2. The topological polar surface area (TPSA) is 45.8 Å². The third kappa shape index (κ3) is 2.85. The predicted octanol–water partition coefficient (Wildman–Crippen LogP) is 4.48. The lowest BCUT2D eigenvalue weighted by Gasteiger charge is -2.26. The Balaban J connectivity index is 1.90. The maximum atomic E-state index is 12.2. The van der Waals surface area contributed by atoms with Crippen LogP contribution in [0.4, 0.5) is 0 Å². The van der Waals surface area contributed by atoms with Crippen LogP contribution in [0.1, 0.15) is 81.6 Å². The van der Waals surface area contributed by atoms with Crippen LogP contribution in [0.15, 0.2) is 9.27 Å². The molecule has 20 heavy (non-hydrogen) atoms. The Kier molecular flexibility index (Phi) is 4.29. The van der Waals surface area contributed by atoms with E-state index in [1.165, 1.54) is 38.5 Å². The van der Waals surface area contributed by atoms with Crippen molar-refractivity contribution in [1.29, 1.82) is 0 Å². The van der Waals surface area contributed by atoms with E-state index in [-0.39, 0.29) is 5.56 Å². The first-order chi connectivity index (χ1) is 9.65. The van der Waals surface area contributed by atoms with Crippen molar-refractivity contribution in [3.63, 3.8) is 0 Å². The van der Waals surface area contributed by atoms with Crippen LogP contribution in [0.3, 0.4) is 0 Å². The molecular formula is C16H23BrN2O. The molecule has 0 amide bonds. The largest absolute Gasteiger partial charge is 0.309 e. The van der Waals surface area contributed by atoms with Gasteiger partial charge in [-0.15, -0.1) is 0 Å². The Morgan fingerprint density at radius 3 is 2.35 bits per heavy atom. The Morgan fingerprint density at radius 2 is 1.70 bits per heavy atom. The molecule has 0 bridgehead atoms. The van der Waals surface area contributed by atoms with E-state index in [1.54, 1.807) is 0 Å². The number of rotatable bonds is 2. The van der Waals surface area contributed by atoms with E-state index in [0.29, 0.717) is 16.3 Å². The van der Waals surface area contributed by atoms with E-state index in [0.717, 1.165) is 30.3 Å². The second-order valence-electron chi connectivity index (χ2n) is 6.59. The number of hydrogen-bond donors (Lipinski definition) is 1. The Bertz CT molecular complexity index is 526. The highest BCUT2D eigenvalue weighted by molar-refractivity contribution is 9.10. The van der Waals surface area contributed by atoms with Crippen molar-refractivity contribution >= 4 is 15.9 Å². The summed E-state index contributed by atoms with van der Waals surface area (Å²) in [6.45, 7) is 2.32. The summed E-state index contributed by atoms with van der Waals surface area (Å²) in [6, 6.07) is 0. The van der Waals surface area contributed by atoms with Crippen LogP contribution in [0.25, 0.3) is 0 Å². The number of halogens is 1. The highest BCUT2D eigenvalue weighted by atomic mass is 79.9. The Hall–Kier alpha value is -0.640. The zero-order valence-electron chi connectivity index (χ0n) is 12.1. The molecule has 0 saturated heterocycles. The summed E-state index contributed by atoms with van der Waals surface area (Å²) in [4.78, 5) is 20.1. The number of H-pyrrole nitrogens is 1. The fourth-order valence-corrected chi connectivity index (χ4v) is 4.20. The summed E-state index contributed by atoms with van der Waals surface area (Å²) in [7, 11) is 0. The van der Waals surface area contributed by atoms with Gasteiger partial charge in [0.2, 0.25) is 0 Å². The molecule has 0 spiro atoms. The molecule has 2 aliphatic rings. The van der Waals surface area contributed by atoms with Crippen LogP contribution in [-0.2, 0) is 0 Å². The molecule has 0 radical (unpaired) electrons. The average Bonchev–Trinajstić information content (AvgIpc) is 2.96. The van der Waals surface area contributed by atoms with Crippen molar-refractivity contribution in [1.82, 2.24) is 9.97 Å². The van der Waals surface area contributed by atoms with Gasteiger partial charge in [-0.25, -0.2) is 4.98 Å². The van der Waals surface area contributed by atoms with E-state index < -0.39 is 0 Å². The quantitative estimate of drug-likeness (QED) is 0.863. The number of aromatic amines is 1. The molecule has 0 aliphatic heterocycles. The normalized spacial score (nSPS) is 27.9. The van der Waals surface area contributed by atoms with Gasteiger partial charge in [0.15, 0.2) is 0 Å². The number of nitrogens with one attached hydrogen (secondary N) is 1. The maximum Gasteiger partial charge on any atom is 0.265 e. The zero-order valence-corrected chi connectivity index (χ0v) is 13.7. The van der Waals surface area contributed by atoms with Gasteiger partial charge in [-0.3, -0.25) is 4.79 Å². The first kappa shape index (κ1) is 14.3. The predicted molar refractivity (Wildman–Crippen MR) is 84.1 cm³/mol. The number of hydrogen-bond acceptors (Lipinski definition) is 2. The average molecular weight is 339 g/mol. The minimum absolute atomic E-state index is 0.00974. The fourth-order valence-electron chi connectivity index (χ4n) is 3.69. The Labute approximate surface area is 128 Å². The zero-order chi connectivity index (χ0) is 14.1. The molecule has 1 N–H and O–H groups in total. The number of nitrogens with zero attached hydrogens (tertiary/aromatic N) is 1. The fraction of sp³-hybridized carbons (Fsp3) is 0.750. The summed E-state index contributed by atoms with van der Waals surface area (Å²) in [5.41, 5.74) is 1.02. The van der Waals surface area contributed by atoms with Gasteiger partial charge in [-0.05, 0) is 47.5 Å². The van der Waals surface area contributed by atoms with E-state index in [4.69, 9.17) is 4.98 Å². The lowest BCUT2D eigenvalue weighted by Crippen LogP contribution is -2.21. The Morgan fingerprint density at radius 1 is 1.05 bits per heavy atom. The first-order valence-electron chi connectivity index (χ1n) is 7.94. The van der Waals surface area contributed by atoms with Gasteiger partial charge in [0, 0.05) is 11.8 Å². The van der Waals surface area contributed by atoms with Crippen molar-refractivity contribution in [2.24, 2.45) is 5.92 Å². The van der Waals surface area contributed by atoms with Crippen molar-refractivity contribution in [3.8, 4) is 0 Å². The highest BCUT2D eigenvalue weighted by Crippen LogP contribution is 2.38. The molecule has 1 aromatic rings. The molecule has 2 saturated carbocycles. The van der Waals surface area contributed by atoms with Crippen LogP contribution in [0.2, 0.25) is 0 Å². The molecule has 0 atom stereocenters. The second-order valence-corrected chi connectivity index (χ2v) is 7.38. The summed E-state index contributed by atoms with van der Waals surface area (Å²) < 4.78 is 0.664. The van der Waals surface area contributed by atoms with E-state index in [1.807, 2.05) is 0 Å². The summed E-state index contributed by atoms with van der Waals surface area (Å²) >= 11 is 3.45. The van der Waals surface area contributed by atoms with Crippen molar-refractivity contribution in [2.75, 3.05) is 0 Å². The van der Waals surface area contributed by atoms with Crippen LogP contribution < -0.4 is 5.56 Å². The minimum Gasteiger partial charge on any atom is -0.309 e. The van der Waals surface area contributed by atoms with Crippen LogP contribution in [0.5, 0.6) is 0 Å². The molecule has 2 fully saturated rings.